The van der Waals surface area contributed by atoms with Crippen LogP contribution in [0.2, 0.25) is 0 Å². The first-order valence-corrected chi connectivity index (χ1v) is 7.78. The molecule has 0 saturated heterocycles. The quantitative estimate of drug-likeness (QED) is 0.705. The Morgan fingerprint density at radius 2 is 1.84 bits per heavy atom. The van der Waals surface area contributed by atoms with Crippen molar-refractivity contribution in [1.29, 1.82) is 0 Å². The Kier molecular flexibility index (Phi) is 5.04. The summed E-state index contributed by atoms with van der Waals surface area (Å²) in [5, 5.41) is 0. The molecule has 5 heteroatoms. The van der Waals surface area contributed by atoms with E-state index in [1.165, 1.54) is 19.2 Å². The van der Waals surface area contributed by atoms with Crippen molar-refractivity contribution in [3.63, 3.8) is 0 Å². The number of benzene rings is 2. The van der Waals surface area contributed by atoms with Crippen LogP contribution in [0.15, 0.2) is 73.1 Å². The smallest absolute Gasteiger partial charge is 0.262 e. The Bertz CT molecular complexity index is 851. The van der Waals surface area contributed by atoms with Crippen LogP contribution in [0.3, 0.4) is 0 Å². The molecular weight excluding hydrogens is 319 g/mol. The average Bonchev–Trinajstić information content (AvgIpc) is 2.67. The number of hydrogen-bond donors (Lipinski definition) is 0. The highest BCUT2D eigenvalue weighted by molar-refractivity contribution is 6.07. The van der Waals surface area contributed by atoms with E-state index < -0.39 is 0 Å². The van der Waals surface area contributed by atoms with Crippen LogP contribution in [-0.2, 0) is 6.54 Å². The van der Waals surface area contributed by atoms with Gasteiger partial charge >= 0.3 is 0 Å². The summed E-state index contributed by atoms with van der Waals surface area (Å²) in [5.74, 6) is -0.0893. The summed E-state index contributed by atoms with van der Waals surface area (Å²) in [6.45, 7) is 0.316. The number of para-hydroxylation sites is 1. The molecule has 0 bridgehead atoms. The summed E-state index contributed by atoms with van der Waals surface area (Å²) >= 11 is 0. The molecule has 3 rings (SSSR count). The van der Waals surface area contributed by atoms with E-state index in [9.17, 15) is 9.18 Å². The van der Waals surface area contributed by atoms with Crippen LogP contribution < -0.4 is 9.64 Å². The molecule has 0 spiro atoms. The monoisotopic (exact) mass is 336 g/mol. The molecule has 0 aliphatic heterocycles. The molecule has 0 unspecified atom stereocenters. The van der Waals surface area contributed by atoms with Gasteiger partial charge in [0.05, 0.1) is 19.2 Å². The molecule has 0 radical (unpaired) electrons. The van der Waals surface area contributed by atoms with Crippen molar-refractivity contribution < 1.29 is 13.9 Å². The lowest BCUT2D eigenvalue weighted by Gasteiger charge is -2.24. The van der Waals surface area contributed by atoms with Crippen molar-refractivity contribution >= 4 is 11.6 Å². The van der Waals surface area contributed by atoms with Gasteiger partial charge in [0.25, 0.3) is 5.91 Å². The molecule has 126 valence electrons. The molecule has 2 aromatic carbocycles. The number of anilines is 1. The Morgan fingerprint density at radius 3 is 2.52 bits per heavy atom. The Hall–Kier alpha value is -3.21. The highest BCUT2D eigenvalue weighted by Gasteiger charge is 2.21. The third kappa shape index (κ3) is 3.83. The normalized spacial score (nSPS) is 10.3. The molecule has 0 fully saturated rings. The van der Waals surface area contributed by atoms with E-state index in [1.807, 2.05) is 12.1 Å². The zero-order valence-corrected chi connectivity index (χ0v) is 13.7. The van der Waals surface area contributed by atoms with Crippen molar-refractivity contribution in [2.45, 2.75) is 6.54 Å². The second-order valence-corrected chi connectivity index (χ2v) is 5.43. The van der Waals surface area contributed by atoms with Crippen LogP contribution in [0.1, 0.15) is 15.9 Å². The van der Waals surface area contributed by atoms with Crippen molar-refractivity contribution in [1.82, 2.24) is 4.98 Å². The van der Waals surface area contributed by atoms with Crippen LogP contribution in [0.25, 0.3) is 0 Å². The number of methoxy groups -OCH3 is 1. The molecule has 25 heavy (non-hydrogen) atoms. The third-order valence-corrected chi connectivity index (χ3v) is 3.78. The molecule has 0 saturated carbocycles. The Balaban J connectivity index is 2.00. The largest absolute Gasteiger partial charge is 0.496 e. The number of nitrogens with zero attached hydrogens (tertiary/aromatic N) is 2. The Morgan fingerprint density at radius 1 is 1.08 bits per heavy atom. The van der Waals surface area contributed by atoms with E-state index in [4.69, 9.17) is 4.74 Å². The van der Waals surface area contributed by atoms with E-state index in [0.717, 1.165) is 5.56 Å². The predicted octanol–water partition coefficient (Wildman–Crippen LogP) is 4.08. The highest BCUT2D eigenvalue weighted by Crippen LogP contribution is 2.25. The van der Waals surface area contributed by atoms with Gasteiger partial charge in [-0.05, 0) is 48.0 Å². The van der Waals surface area contributed by atoms with E-state index >= 15 is 0 Å². The number of aromatic nitrogens is 1. The lowest BCUT2D eigenvalue weighted by molar-refractivity contribution is 0.0982. The van der Waals surface area contributed by atoms with E-state index in [2.05, 4.69) is 4.98 Å². The van der Waals surface area contributed by atoms with Crippen LogP contribution in [-0.4, -0.2) is 18.0 Å². The van der Waals surface area contributed by atoms with E-state index in [-0.39, 0.29) is 11.7 Å². The topological polar surface area (TPSA) is 42.4 Å². The van der Waals surface area contributed by atoms with Crippen molar-refractivity contribution in [2.24, 2.45) is 0 Å². The summed E-state index contributed by atoms with van der Waals surface area (Å²) in [5.41, 5.74) is 1.91. The van der Waals surface area contributed by atoms with Gasteiger partial charge in [0.15, 0.2) is 0 Å². The molecule has 0 aliphatic carbocycles. The standard InChI is InChI=1S/C20H17FN2O2/c1-25-19-7-3-2-6-18(19)20(24)23(14-15-5-4-12-22-13-15)17-10-8-16(21)9-11-17/h2-13H,14H2,1H3. The van der Waals surface area contributed by atoms with Crippen molar-refractivity contribution in [3.05, 3.63) is 90.0 Å². The lowest BCUT2D eigenvalue weighted by Crippen LogP contribution is -2.30. The first kappa shape index (κ1) is 16.6. The molecule has 4 nitrogen and oxygen atoms in total. The summed E-state index contributed by atoms with van der Waals surface area (Å²) in [6.07, 6.45) is 3.37. The van der Waals surface area contributed by atoms with Gasteiger partial charge in [-0.3, -0.25) is 9.78 Å². The molecule has 1 heterocycles. The van der Waals surface area contributed by atoms with Gasteiger partial charge in [0.2, 0.25) is 0 Å². The predicted molar refractivity (Wildman–Crippen MR) is 94.1 cm³/mol. The van der Waals surface area contributed by atoms with Gasteiger partial charge < -0.3 is 9.64 Å². The number of ether oxygens (including phenoxy) is 1. The first-order chi connectivity index (χ1) is 12.2. The Labute approximate surface area is 145 Å². The van der Waals surface area contributed by atoms with Crippen molar-refractivity contribution in [2.75, 3.05) is 12.0 Å². The van der Waals surface area contributed by atoms with Crippen LogP contribution in [0.5, 0.6) is 5.75 Å². The van der Waals surface area contributed by atoms with Gasteiger partial charge in [0.1, 0.15) is 11.6 Å². The van der Waals surface area contributed by atoms with E-state index in [1.54, 1.807) is 53.7 Å². The zero-order chi connectivity index (χ0) is 17.6. The number of amides is 1. The fourth-order valence-electron chi connectivity index (χ4n) is 2.54. The second kappa shape index (κ2) is 7.57. The maximum Gasteiger partial charge on any atom is 0.262 e. The zero-order valence-electron chi connectivity index (χ0n) is 13.7. The average molecular weight is 336 g/mol. The number of carbonyl (C=O) groups excluding carboxylic acids is 1. The molecule has 0 atom stereocenters. The minimum Gasteiger partial charge on any atom is -0.496 e. The lowest BCUT2D eigenvalue weighted by atomic mass is 10.1. The van der Waals surface area contributed by atoms with Gasteiger partial charge in [-0.25, -0.2) is 4.39 Å². The van der Waals surface area contributed by atoms with Crippen LogP contribution >= 0.6 is 0 Å². The summed E-state index contributed by atoms with van der Waals surface area (Å²) in [7, 11) is 1.52. The van der Waals surface area contributed by atoms with E-state index in [0.29, 0.717) is 23.5 Å². The molecule has 3 aromatic rings. The molecule has 0 N–H and O–H groups in total. The number of pyridine rings is 1. The van der Waals surface area contributed by atoms with Crippen molar-refractivity contribution in [3.8, 4) is 5.75 Å². The van der Waals surface area contributed by atoms with Crippen LogP contribution in [0, 0.1) is 5.82 Å². The van der Waals surface area contributed by atoms with Gasteiger partial charge in [-0.1, -0.05) is 18.2 Å². The van der Waals surface area contributed by atoms with Gasteiger partial charge in [0, 0.05) is 18.1 Å². The third-order valence-electron chi connectivity index (χ3n) is 3.78. The summed E-state index contributed by atoms with van der Waals surface area (Å²) in [4.78, 5) is 18.8. The maximum absolute atomic E-state index is 13.3. The molecule has 0 aliphatic rings. The fraction of sp³-hybridized carbons (Fsp3) is 0.100. The maximum atomic E-state index is 13.3. The number of rotatable bonds is 5. The summed E-state index contributed by atoms with van der Waals surface area (Å²) < 4.78 is 18.6. The minimum atomic E-state index is -0.352. The first-order valence-electron chi connectivity index (χ1n) is 7.78. The fourth-order valence-corrected chi connectivity index (χ4v) is 2.54. The van der Waals surface area contributed by atoms with Gasteiger partial charge in [-0.2, -0.15) is 0 Å². The molecule has 1 aromatic heterocycles. The second-order valence-electron chi connectivity index (χ2n) is 5.43. The molecular formula is C20H17FN2O2. The molecule has 1 amide bonds. The number of halogens is 1. The SMILES string of the molecule is COc1ccccc1C(=O)N(Cc1cccnc1)c1ccc(F)cc1. The number of hydrogen-bond acceptors (Lipinski definition) is 3. The van der Waals surface area contributed by atoms with Crippen LogP contribution in [0.4, 0.5) is 10.1 Å². The number of carbonyl (C=O) groups is 1. The minimum absolute atomic E-state index is 0.229. The summed E-state index contributed by atoms with van der Waals surface area (Å²) in [6, 6.07) is 16.6. The highest BCUT2D eigenvalue weighted by atomic mass is 19.1. The van der Waals surface area contributed by atoms with Gasteiger partial charge in [-0.15, -0.1) is 0 Å².